The van der Waals surface area contributed by atoms with Crippen molar-refractivity contribution in [3.8, 4) is 5.75 Å². The van der Waals surface area contributed by atoms with E-state index in [0.717, 1.165) is 5.56 Å². The Morgan fingerprint density at radius 1 is 1.10 bits per heavy atom. The minimum Gasteiger partial charge on any atom is -0.483 e. The van der Waals surface area contributed by atoms with E-state index in [2.05, 4.69) is 21.2 Å². The van der Waals surface area contributed by atoms with Crippen LogP contribution >= 0.6 is 39.1 Å². The highest BCUT2D eigenvalue weighted by molar-refractivity contribution is 9.10. The smallest absolute Gasteiger partial charge is 0.261 e. The van der Waals surface area contributed by atoms with Crippen LogP contribution in [0.3, 0.4) is 0 Å². The lowest BCUT2D eigenvalue weighted by molar-refractivity contribution is -0.143. The van der Waals surface area contributed by atoms with E-state index in [1.807, 2.05) is 32.9 Å². The van der Waals surface area contributed by atoms with Crippen LogP contribution in [0.4, 0.5) is 0 Å². The predicted molar refractivity (Wildman–Crippen MR) is 124 cm³/mol. The Morgan fingerprint density at radius 3 is 2.30 bits per heavy atom. The fraction of sp³-hybridized carbons (Fsp3) is 0.364. The third kappa shape index (κ3) is 7.18. The lowest BCUT2D eigenvalue weighted by Crippen LogP contribution is -2.51. The van der Waals surface area contributed by atoms with Crippen molar-refractivity contribution in [3.05, 3.63) is 62.5 Å². The Labute approximate surface area is 195 Å². The molecule has 0 spiro atoms. The second-order valence-electron chi connectivity index (χ2n) is 7.10. The van der Waals surface area contributed by atoms with E-state index in [1.165, 1.54) is 0 Å². The molecule has 0 bridgehead atoms. The number of rotatable bonds is 9. The second kappa shape index (κ2) is 11.6. The van der Waals surface area contributed by atoms with Crippen LogP contribution in [0.1, 0.15) is 32.8 Å². The summed E-state index contributed by atoms with van der Waals surface area (Å²) in [5.74, 6) is 0.0129. The van der Waals surface area contributed by atoms with Gasteiger partial charge in [0, 0.05) is 22.6 Å². The van der Waals surface area contributed by atoms with Crippen LogP contribution in [-0.2, 0) is 16.1 Å². The lowest BCUT2D eigenvalue weighted by atomic mass is 10.1. The molecule has 0 aliphatic heterocycles. The number of ether oxygens (including phenoxy) is 1. The van der Waals surface area contributed by atoms with Crippen molar-refractivity contribution in [3.63, 3.8) is 0 Å². The summed E-state index contributed by atoms with van der Waals surface area (Å²) in [6, 6.07) is 11.6. The van der Waals surface area contributed by atoms with Gasteiger partial charge in [0.2, 0.25) is 5.91 Å². The fourth-order valence-electron chi connectivity index (χ4n) is 2.90. The average Bonchev–Trinajstić information content (AvgIpc) is 2.68. The van der Waals surface area contributed by atoms with Gasteiger partial charge in [0.15, 0.2) is 6.61 Å². The van der Waals surface area contributed by atoms with Crippen LogP contribution in [0.2, 0.25) is 10.0 Å². The van der Waals surface area contributed by atoms with Gasteiger partial charge in [-0.25, -0.2) is 0 Å². The quantitative estimate of drug-likeness (QED) is 0.482. The Bertz CT molecular complexity index is 875. The van der Waals surface area contributed by atoms with Gasteiger partial charge < -0.3 is 15.0 Å². The number of amides is 2. The summed E-state index contributed by atoms with van der Waals surface area (Å²) in [6.07, 6.45) is 0.475. The minimum atomic E-state index is -0.618. The third-order valence-electron chi connectivity index (χ3n) is 4.33. The number of halogens is 3. The SMILES string of the molecule is CC[C@@H](C(=O)NC(C)C)N(Cc1ccc(Cl)cc1)C(=O)COc1ccc(Cl)cc1Br. The van der Waals surface area contributed by atoms with Crippen molar-refractivity contribution >= 4 is 50.9 Å². The van der Waals surface area contributed by atoms with Crippen molar-refractivity contribution < 1.29 is 14.3 Å². The molecule has 5 nitrogen and oxygen atoms in total. The van der Waals surface area contributed by atoms with Crippen molar-refractivity contribution in [2.24, 2.45) is 0 Å². The van der Waals surface area contributed by atoms with Crippen LogP contribution in [0.15, 0.2) is 46.9 Å². The first-order valence-electron chi connectivity index (χ1n) is 9.63. The standard InChI is InChI=1S/C22H25BrCl2N2O3/c1-4-19(22(29)26-14(2)3)27(12-15-5-7-16(24)8-6-15)21(28)13-30-20-10-9-17(25)11-18(20)23/h5-11,14,19H,4,12-13H2,1-3H3,(H,26,29)/t19-/m0/s1. The van der Waals surface area contributed by atoms with Gasteiger partial charge >= 0.3 is 0 Å². The predicted octanol–water partition coefficient (Wildman–Crippen LogP) is 5.47. The van der Waals surface area contributed by atoms with E-state index >= 15 is 0 Å². The Kier molecular flexibility index (Phi) is 9.46. The number of benzene rings is 2. The topological polar surface area (TPSA) is 58.6 Å². The maximum Gasteiger partial charge on any atom is 0.261 e. The first-order chi connectivity index (χ1) is 14.2. The van der Waals surface area contributed by atoms with Gasteiger partial charge in [0.1, 0.15) is 11.8 Å². The fourth-order valence-corrected chi connectivity index (χ4v) is 3.82. The zero-order chi connectivity index (χ0) is 22.3. The normalized spacial score (nSPS) is 11.8. The number of carbonyl (C=O) groups excluding carboxylic acids is 2. The van der Waals surface area contributed by atoms with Crippen LogP contribution in [0.5, 0.6) is 5.75 Å². The third-order valence-corrected chi connectivity index (χ3v) is 5.43. The van der Waals surface area contributed by atoms with Crippen molar-refractivity contribution in [2.75, 3.05) is 6.61 Å². The van der Waals surface area contributed by atoms with Crippen LogP contribution < -0.4 is 10.1 Å². The highest BCUT2D eigenvalue weighted by Gasteiger charge is 2.29. The zero-order valence-electron chi connectivity index (χ0n) is 17.1. The molecular formula is C22H25BrCl2N2O3. The molecule has 0 unspecified atom stereocenters. The summed E-state index contributed by atoms with van der Waals surface area (Å²) in [7, 11) is 0. The Hall–Kier alpha value is -1.76. The van der Waals surface area contributed by atoms with Gasteiger partial charge in [-0.2, -0.15) is 0 Å². The van der Waals surface area contributed by atoms with Gasteiger partial charge in [-0.05, 0) is 72.1 Å². The van der Waals surface area contributed by atoms with Crippen LogP contribution in [-0.4, -0.2) is 35.4 Å². The molecular weight excluding hydrogens is 491 g/mol. The maximum absolute atomic E-state index is 13.1. The van der Waals surface area contributed by atoms with E-state index in [-0.39, 0.29) is 31.0 Å². The Balaban J connectivity index is 2.22. The maximum atomic E-state index is 13.1. The van der Waals surface area contributed by atoms with Gasteiger partial charge in [-0.1, -0.05) is 42.3 Å². The molecule has 0 radical (unpaired) electrons. The molecule has 8 heteroatoms. The first-order valence-corrected chi connectivity index (χ1v) is 11.2. The lowest BCUT2D eigenvalue weighted by Gasteiger charge is -2.31. The largest absolute Gasteiger partial charge is 0.483 e. The van der Waals surface area contributed by atoms with Gasteiger partial charge in [-0.15, -0.1) is 0 Å². The van der Waals surface area contributed by atoms with Crippen LogP contribution in [0.25, 0.3) is 0 Å². The van der Waals surface area contributed by atoms with Crippen LogP contribution in [0, 0.1) is 0 Å². The number of hydrogen-bond donors (Lipinski definition) is 1. The molecule has 0 heterocycles. The molecule has 162 valence electrons. The zero-order valence-corrected chi connectivity index (χ0v) is 20.2. The molecule has 0 fully saturated rings. The number of nitrogens with zero attached hydrogens (tertiary/aromatic N) is 1. The average molecular weight is 516 g/mol. The summed E-state index contributed by atoms with van der Waals surface area (Å²) in [5, 5.41) is 4.06. The molecule has 0 saturated heterocycles. The minimum absolute atomic E-state index is 0.0275. The summed E-state index contributed by atoms with van der Waals surface area (Å²) >= 11 is 15.3. The summed E-state index contributed by atoms with van der Waals surface area (Å²) in [4.78, 5) is 27.4. The summed E-state index contributed by atoms with van der Waals surface area (Å²) < 4.78 is 6.35. The molecule has 1 atom stereocenters. The van der Waals surface area contributed by atoms with Gasteiger partial charge in [-0.3, -0.25) is 9.59 Å². The molecule has 0 aromatic heterocycles. The molecule has 1 N–H and O–H groups in total. The first kappa shape index (κ1) is 24.5. The van der Waals surface area contributed by atoms with Crippen molar-refractivity contribution in [2.45, 2.75) is 45.8 Å². The van der Waals surface area contributed by atoms with E-state index < -0.39 is 6.04 Å². The van der Waals surface area contributed by atoms with Crippen molar-refractivity contribution in [1.29, 1.82) is 0 Å². The van der Waals surface area contributed by atoms with Gasteiger partial charge in [0.05, 0.1) is 4.47 Å². The van der Waals surface area contributed by atoms with E-state index in [4.69, 9.17) is 27.9 Å². The van der Waals surface area contributed by atoms with E-state index in [0.29, 0.717) is 26.7 Å². The molecule has 2 rings (SSSR count). The molecule has 0 saturated carbocycles. The molecule has 2 amide bonds. The summed E-state index contributed by atoms with van der Waals surface area (Å²) in [5.41, 5.74) is 0.872. The molecule has 0 aliphatic carbocycles. The van der Waals surface area contributed by atoms with Crippen molar-refractivity contribution in [1.82, 2.24) is 10.2 Å². The molecule has 0 aliphatic rings. The number of nitrogens with one attached hydrogen (secondary N) is 1. The number of hydrogen-bond acceptors (Lipinski definition) is 3. The Morgan fingerprint density at radius 2 is 1.73 bits per heavy atom. The van der Waals surface area contributed by atoms with Gasteiger partial charge in [0.25, 0.3) is 5.91 Å². The molecule has 30 heavy (non-hydrogen) atoms. The monoisotopic (exact) mass is 514 g/mol. The second-order valence-corrected chi connectivity index (χ2v) is 8.83. The highest BCUT2D eigenvalue weighted by Crippen LogP contribution is 2.28. The molecule has 2 aromatic carbocycles. The van der Waals surface area contributed by atoms with E-state index in [1.54, 1.807) is 35.2 Å². The highest BCUT2D eigenvalue weighted by atomic mass is 79.9. The number of carbonyl (C=O) groups is 2. The molecule has 2 aromatic rings. The summed E-state index contributed by atoms with van der Waals surface area (Å²) in [6.45, 7) is 5.71. The van der Waals surface area contributed by atoms with E-state index in [9.17, 15) is 9.59 Å².